The smallest absolute Gasteiger partial charge is 0.337 e. The Labute approximate surface area is 86.6 Å². The van der Waals surface area contributed by atoms with Gasteiger partial charge < -0.3 is 10.2 Å². The minimum Gasteiger partial charge on any atom is -0.337 e. The van der Waals surface area contributed by atoms with Crippen molar-refractivity contribution in [1.29, 1.82) is 0 Å². The van der Waals surface area contributed by atoms with Crippen LogP contribution in [0.2, 0.25) is 0 Å². The molecule has 1 saturated heterocycles. The van der Waals surface area contributed by atoms with Gasteiger partial charge in [-0.3, -0.25) is 4.79 Å². The van der Waals surface area contributed by atoms with Gasteiger partial charge in [-0.1, -0.05) is 0 Å². The summed E-state index contributed by atoms with van der Waals surface area (Å²) < 4.78 is 35.7. The van der Waals surface area contributed by atoms with E-state index in [4.69, 9.17) is 0 Å². The standard InChI is InChI=1S/C9H15F3N2O/c1-7-6-13-4-5-14(7)8(15)2-3-9(10,11)12/h7,13H,2-6H2,1H3/t7-/m0/s1. The van der Waals surface area contributed by atoms with E-state index in [1.54, 1.807) is 0 Å². The van der Waals surface area contributed by atoms with E-state index in [0.717, 1.165) is 0 Å². The van der Waals surface area contributed by atoms with Crippen molar-refractivity contribution in [3.63, 3.8) is 0 Å². The topological polar surface area (TPSA) is 32.3 Å². The molecule has 3 nitrogen and oxygen atoms in total. The second-order valence-electron chi connectivity index (χ2n) is 3.76. The molecular weight excluding hydrogens is 209 g/mol. The van der Waals surface area contributed by atoms with E-state index in [1.807, 2.05) is 6.92 Å². The lowest BCUT2D eigenvalue weighted by Gasteiger charge is -2.34. The first-order chi connectivity index (χ1) is 6.90. The van der Waals surface area contributed by atoms with Gasteiger partial charge in [0.1, 0.15) is 0 Å². The lowest BCUT2D eigenvalue weighted by Crippen LogP contribution is -2.52. The molecule has 1 amide bonds. The summed E-state index contributed by atoms with van der Waals surface area (Å²) >= 11 is 0. The Morgan fingerprint density at radius 1 is 1.53 bits per heavy atom. The van der Waals surface area contributed by atoms with Crippen LogP contribution in [-0.4, -0.2) is 42.7 Å². The molecule has 1 rings (SSSR count). The normalized spacial score (nSPS) is 22.9. The van der Waals surface area contributed by atoms with Crippen LogP contribution in [0.5, 0.6) is 0 Å². The number of rotatable bonds is 2. The number of hydrogen-bond acceptors (Lipinski definition) is 2. The van der Waals surface area contributed by atoms with E-state index in [-0.39, 0.29) is 6.04 Å². The predicted molar refractivity (Wildman–Crippen MR) is 49.3 cm³/mol. The van der Waals surface area contributed by atoms with Gasteiger partial charge in [-0.15, -0.1) is 0 Å². The summed E-state index contributed by atoms with van der Waals surface area (Å²) in [5.74, 6) is -0.402. The van der Waals surface area contributed by atoms with E-state index < -0.39 is 24.9 Å². The fraction of sp³-hybridized carbons (Fsp3) is 0.889. The molecule has 88 valence electrons. The van der Waals surface area contributed by atoms with Gasteiger partial charge in [0.2, 0.25) is 5.91 Å². The average Bonchev–Trinajstić information content (AvgIpc) is 2.14. The molecule has 0 bridgehead atoms. The largest absolute Gasteiger partial charge is 0.389 e. The Balaban J connectivity index is 2.39. The van der Waals surface area contributed by atoms with Crippen molar-refractivity contribution in [3.8, 4) is 0 Å². The zero-order valence-corrected chi connectivity index (χ0v) is 8.60. The number of nitrogens with zero attached hydrogens (tertiary/aromatic N) is 1. The third-order valence-electron chi connectivity index (χ3n) is 2.44. The number of nitrogens with one attached hydrogen (secondary N) is 1. The SMILES string of the molecule is C[C@H]1CNCCN1C(=O)CCC(F)(F)F. The highest BCUT2D eigenvalue weighted by Gasteiger charge is 2.30. The second-order valence-corrected chi connectivity index (χ2v) is 3.76. The van der Waals surface area contributed by atoms with Crippen LogP contribution in [-0.2, 0) is 4.79 Å². The summed E-state index contributed by atoms with van der Waals surface area (Å²) in [5, 5.41) is 3.08. The van der Waals surface area contributed by atoms with Gasteiger partial charge >= 0.3 is 6.18 Å². The van der Waals surface area contributed by atoms with Gasteiger partial charge in [-0.2, -0.15) is 13.2 Å². The molecule has 0 radical (unpaired) electrons. The third kappa shape index (κ3) is 4.07. The van der Waals surface area contributed by atoms with Crippen LogP contribution in [0, 0.1) is 0 Å². The molecule has 1 atom stereocenters. The average molecular weight is 224 g/mol. The highest BCUT2D eigenvalue weighted by Crippen LogP contribution is 2.22. The molecule has 1 N–H and O–H groups in total. The van der Waals surface area contributed by atoms with Gasteiger partial charge in [0.25, 0.3) is 0 Å². The summed E-state index contributed by atoms with van der Waals surface area (Å²) in [6.45, 7) is 3.63. The summed E-state index contributed by atoms with van der Waals surface area (Å²) in [6.07, 6.45) is -5.71. The molecule has 0 aliphatic carbocycles. The van der Waals surface area contributed by atoms with Crippen molar-refractivity contribution < 1.29 is 18.0 Å². The zero-order chi connectivity index (χ0) is 11.5. The Hall–Kier alpha value is -0.780. The molecule has 6 heteroatoms. The lowest BCUT2D eigenvalue weighted by molar-refractivity contribution is -0.150. The Bertz CT molecular complexity index is 230. The van der Waals surface area contributed by atoms with Crippen LogP contribution in [0.4, 0.5) is 13.2 Å². The number of carbonyl (C=O) groups excluding carboxylic acids is 1. The minimum absolute atomic E-state index is 0.0144. The number of piperazine rings is 1. The first-order valence-corrected chi connectivity index (χ1v) is 4.97. The molecule has 0 aromatic heterocycles. The molecule has 1 heterocycles. The van der Waals surface area contributed by atoms with Crippen LogP contribution in [0.25, 0.3) is 0 Å². The molecule has 1 aliphatic rings. The molecule has 0 unspecified atom stereocenters. The number of alkyl halides is 3. The van der Waals surface area contributed by atoms with E-state index in [9.17, 15) is 18.0 Å². The van der Waals surface area contributed by atoms with Crippen molar-refractivity contribution in [2.24, 2.45) is 0 Å². The van der Waals surface area contributed by atoms with Gasteiger partial charge in [0, 0.05) is 32.1 Å². The Kier molecular flexibility index (Phi) is 3.96. The zero-order valence-electron chi connectivity index (χ0n) is 8.60. The number of amides is 1. The molecule has 0 aromatic carbocycles. The number of hydrogen-bond donors (Lipinski definition) is 1. The van der Waals surface area contributed by atoms with Gasteiger partial charge in [-0.05, 0) is 6.92 Å². The van der Waals surface area contributed by atoms with Gasteiger partial charge in [0.15, 0.2) is 0 Å². The first-order valence-electron chi connectivity index (χ1n) is 4.97. The Morgan fingerprint density at radius 2 is 2.20 bits per heavy atom. The quantitative estimate of drug-likeness (QED) is 0.763. The number of carbonyl (C=O) groups is 1. The van der Waals surface area contributed by atoms with E-state index in [0.29, 0.717) is 19.6 Å². The van der Waals surface area contributed by atoms with Crippen molar-refractivity contribution in [2.75, 3.05) is 19.6 Å². The van der Waals surface area contributed by atoms with E-state index in [2.05, 4.69) is 5.32 Å². The van der Waals surface area contributed by atoms with E-state index in [1.165, 1.54) is 4.90 Å². The van der Waals surface area contributed by atoms with Crippen molar-refractivity contribution in [1.82, 2.24) is 10.2 Å². The number of halogens is 3. The highest BCUT2D eigenvalue weighted by molar-refractivity contribution is 5.76. The highest BCUT2D eigenvalue weighted by atomic mass is 19.4. The first kappa shape index (κ1) is 12.3. The molecule has 0 aromatic rings. The minimum atomic E-state index is -4.24. The molecule has 15 heavy (non-hydrogen) atoms. The van der Waals surface area contributed by atoms with Crippen LogP contribution in [0.3, 0.4) is 0 Å². The maximum absolute atomic E-state index is 11.9. The summed E-state index contributed by atoms with van der Waals surface area (Å²) in [5.41, 5.74) is 0. The van der Waals surface area contributed by atoms with Gasteiger partial charge in [-0.25, -0.2) is 0 Å². The maximum Gasteiger partial charge on any atom is 0.389 e. The Morgan fingerprint density at radius 3 is 2.73 bits per heavy atom. The van der Waals surface area contributed by atoms with Crippen LogP contribution >= 0.6 is 0 Å². The fourth-order valence-electron chi connectivity index (χ4n) is 1.60. The molecule has 0 saturated carbocycles. The maximum atomic E-state index is 11.9. The second kappa shape index (κ2) is 4.83. The van der Waals surface area contributed by atoms with Crippen LogP contribution in [0.1, 0.15) is 19.8 Å². The van der Waals surface area contributed by atoms with Crippen molar-refractivity contribution in [2.45, 2.75) is 32.0 Å². The van der Waals surface area contributed by atoms with Crippen LogP contribution in [0.15, 0.2) is 0 Å². The van der Waals surface area contributed by atoms with Crippen molar-refractivity contribution >= 4 is 5.91 Å². The van der Waals surface area contributed by atoms with Crippen molar-refractivity contribution in [3.05, 3.63) is 0 Å². The molecule has 1 fully saturated rings. The fourth-order valence-corrected chi connectivity index (χ4v) is 1.60. The summed E-state index contributed by atoms with van der Waals surface area (Å²) in [6, 6.07) is -0.0144. The molecular formula is C9H15F3N2O. The van der Waals surface area contributed by atoms with Crippen LogP contribution < -0.4 is 5.32 Å². The van der Waals surface area contributed by atoms with Gasteiger partial charge in [0.05, 0.1) is 6.42 Å². The summed E-state index contributed by atoms with van der Waals surface area (Å²) in [7, 11) is 0. The monoisotopic (exact) mass is 224 g/mol. The molecule has 0 spiro atoms. The summed E-state index contributed by atoms with van der Waals surface area (Å²) in [4.78, 5) is 13.0. The third-order valence-corrected chi connectivity index (χ3v) is 2.44. The van der Waals surface area contributed by atoms with E-state index >= 15 is 0 Å². The predicted octanol–water partition coefficient (Wildman–Crippen LogP) is 1.15. The molecule has 1 aliphatic heterocycles. The lowest BCUT2D eigenvalue weighted by atomic mass is 10.2.